The summed E-state index contributed by atoms with van der Waals surface area (Å²) in [4.78, 5) is 17.6. The zero-order valence-electron chi connectivity index (χ0n) is 17.9. The Morgan fingerprint density at radius 3 is 2.39 bits per heavy atom. The first-order chi connectivity index (χ1) is 15.4. The van der Waals surface area contributed by atoms with E-state index in [-0.39, 0.29) is 17.4 Å². The van der Waals surface area contributed by atoms with Crippen LogP contribution in [0.15, 0.2) is 69.6 Å². The molecule has 3 rings (SSSR count). The third-order valence-corrected chi connectivity index (χ3v) is 5.07. The van der Waals surface area contributed by atoms with Crippen molar-refractivity contribution in [2.45, 2.75) is 35.7 Å². The Morgan fingerprint density at radius 2 is 1.79 bits per heavy atom. The van der Waals surface area contributed by atoms with Gasteiger partial charge < -0.3 is 19.3 Å². The number of aromatic nitrogens is 2. The Bertz CT molecular complexity index is 1160. The van der Waals surface area contributed by atoms with E-state index >= 15 is 0 Å². The first-order valence-electron chi connectivity index (χ1n) is 9.60. The summed E-state index contributed by atoms with van der Waals surface area (Å²) in [6, 6.07) is 10.0. The lowest BCUT2D eigenvalue weighted by molar-refractivity contribution is -0.274. The van der Waals surface area contributed by atoms with Gasteiger partial charge in [-0.3, -0.25) is 9.36 Å². The zero-order chi connectivity index (χ0) is 24.2. The number of hydrogen-bond donors (Lipinski definition) is 1. The normalized spacial score (nSPS) is 11.8. The quantitative estimate of drug-likeness (QED) is 0.508. The van der Waals surface area contributed by atoms with E-state index in [9.17, 15) is 23.1 Å². The van der Waals surface area contributed by atoms with Crippen molar-refractivity contribution >= 4 is 11.8 Å². The Morgan fingerprint density at radius 1 is 1.09 bits per heavy atom. The maximum atomic E-state index is 13.0. The van der Waals surface area contributed by atoms with Gasteiger partial charge in [-0.2, -0.15) is 0 Å². The summed E-state index contributed by atoms with van der Waals surface area (Å²) in [5.74, 6) is 0.417. The molecule has 176 valence electrons. The zero-order valence-corrected chi connectivity index (χ0v) is 18.7. The molecule has 1 heterocycles. The number of nitrogens with zero attached hydrogens (tertiary/aromatic N) is 2. The summed E-state index contributed by atoms with van der Waals surface area (Å²) in [6.07, 6.45) is -1.85. The second kappa shape index (κ2) is 9.75. The molecule has 1 aromatic heterocycles. The van der Waals surface area contributed by atoms with Crippen molar-refractivity contribution in [3.8, 4) is 22.9 Å². The summed E-state index contributed by atoms with van der Waals surface area (Å²) in [6.45, 7) is 3.27. The lowest BCUT2D eigenvalue weighted by Crippen LogP contribution is -2.28. The van der Waals surface area contributed by atoms with Gasteiger partial charge >= 0.3 is 6.36 Å². The summed E-state index contributed by atoms with van der Waals surface area (Å²) in [5, 5.41) is 9.98. The molecule has 0 radical (unpaired) electrons. The van der Waals surface area contributed by atoms with Crippen LogP contribution in [-0.4, -0.2) is 40.3 Å². The van der Waals surface area contributed by atoms with Gasteiger partial charge in [0.2, 0.25) is 0 Å². The molecule has 1 N–H and O–H groups in total. The van der Waals surface area contributed by atoms with E-state index in [1.165, 1.54) is 36.2 Å². The molecule has 2 aromatic carbocycles. The SMILES string of the molecule is COc1cc(-n2ccnc(Sc3ccc(OC(F)(F)F)cc3)c2=O)ccc1OCC(C)(C)O. The highest BCUT2D eigenvalue weighted by Gasteiger charge is 2.31. The molecule has 7 nitrogen and oxygen atoms in total. The molecule has 0 unspecified atom stereocenters. The van der Waals surface area contributed by atoms with Crippen LogP contribution in [0.3, 0.4) is 0 Å². The highest BCUT2D eigenvalue weighted by Crippen LogP contribution is 2.31. The van der Waals surface area contributed by atoms with Gasteiger partial charge in [-0.05, 0) is 50.2 Å². The fraction of sp³-hybridized carbons (Fsp3) is 0.273. The number of benzene rings is 2. The fourth-order valence-corrected chi connectivity index (χ4v) is 3.46. The summed E-state index contributed by atoms with van der Waals surface area (Å²) >= 11 is 1.01. The first kappa shape index (κ1) is 24.5. The van der Waals surface area contributed by atoms with Crippen molar-refractivity contribution in [2.24, 2.45) is 0 Å². The molecular weight excluding hydrogens is 461 g/mol. The van der Waals surface area contributed by atoms with Crippen molar-refractivity contribution in [1.29, 1.82) is 0 Å². The van der Waals surface area contributed by atoms with Crippen molar-refractivity contribution in [1.82, 2.24) is 9.55 Å². The minimum absolute atomic E-state index is 0.0471. The van der Waals surface area contributed by atoms with Crippen LogP contribution in [0.2, 0.25) is 0 Å². The molecule has 0 aliphatic heterocycles. The highest BCUT2D eigenvalue weighted by molar-refractivity contribution is 7.99. The Balaban J connectivity index is 1.83. The van der Waals surface area contributed by atoms with Gasteiger partial charge in [0, 0.05) is 23.4 Å². The van der Waals surface area contributed by atoms with E-state index in [1.807, 2.05) is 0 Å². The fourth-order valence-electron chi connectivity index (χ4n) is 2.67. The maximum absolute atomic E-state index is 13.0. The molecule has 0 saturated carbocycles. The van der Waals surface area contributed by atoms with Crippen LogP contribution in [0.5, 0.6) is 17.2 Å². The summed E-state index contributed by atoms with van der Waals surface area (Å²) in [5.41, 5.74) is -0.967. The third-order valence-electron chi connectivity index (χ3n) is 4.09. The molecule has 0 spiro atoms. The molecule has 0 saturated heterocycles. The summed E-state index contributed by atoms with van der Waals surface area (Å²) < 4.78 is 53.1. The van der Waals surface area contributed by atoms with Crippen LogP contribution in [0.1, 0.15) is 13.8 Å². The molecular formula is C22H21F3N2O5S. The Hall–Kier alpha value is -3.18. The minimum atomic E-state index is -4.78. The molecule has 11 heteroatoms. The predicted molar refractivity (Wildman–Crippen MR) is 115 cm³/mol. The number of methoxy groups -OCH3 is 1. The van der Waals surface area contributed by atoms with Gasteiger partial charge in [0.15, 0.2) is 16.5 Å². The van der Waals surface area contributed by atoms with E-state index in [4.69, 9.17) is 9.47 Å². The van der Waals surface area contributed by atoms with Crippen LogP contribution < -0.4 is 19.8 Å². The van der Waals surface area contributed by atoms with Gasteiger partial charge in [-0.1, -0.05) is 11.8 Å². The number of aliphatic hydroxyl groups is 1. The van der Waals surface area contributed by atoms with E-state index in [0.717, 1.165) is 23.9 Å². The van der Waals surface area contributed by atoms with Crippen LogP contribution >= 0.6 is 11.8 Å². The van der Waals surface area contributed by atoms with Gasteiger partial charge in [0.1, 0.15) is 12.4 Å². The average molecular weight is 482 g/mol. The van der Waals surface area contributed by atoms with E-state index in [1.54, 1.807) is 32.0 Å². The molecule has 0 atom stereocenters. The van der Waals surface area contributed by atoms with E-state index in [2.05, 4.69) is 9.72 Å². The molecule has 0 aliphatic carbocycles. The van der Waals surface area contributed by atoms with Crippen LogP contribution in [0.25, 0.3) is 5.69 Å². The Labute approximate surface area is 191 Å². The monoisotopic (exact) mass is 482 g/mol. The smallest absolute Gasteiger partial charge is 0.493 e. The van der Waals surface area contributed by atoms with Crippen molar-refractivity contribution < 1.29 is 32.5 Å². The largest absolute Gasteiger partial charge is 0.573 e. The van der Waals surface area contributed by atoms with Crippen LogP contribution in [-0.2, 0) is 0 Å². The first-order valence-corrected chi connectivity index (χ1v) is 10.4. The van der Waals surface area contributed by atoms with Crippen LogP contribution in [0.4, 0.5) is 13.2 Å². The van der Waals surface area contributed by atoms with Crippen LogP contribution in [0, 0.1) is 0 Å². The molecule has 0 aliphatic rings. The highest BCUT2D eigenvalue weighted by atomic mass is 32.2. The number of rotatable bonds is 8. The van der Waals surface area contributed by atoms with Crippen molar-refractivity contribution in [3.05, 3.63) is 65.2 Å². The molecule has 33 heavy (non-hydrogen) atoms. The van der Waals surface area contributed by atoms with E-state index < -0.39 is 17.5 Å². The molecule has 0 bridgehead atoms. The topological polar surface area (TPSA) is 82.8 Å². The molecule has 0 fully saturated rings. The molecule has 3 aromatic rings. The Kier molecular flexibility index (Phi) is 7.23. The predicted octanol–water partition coefficient (Wildman–Crippen LogP) is 4.44. The summed E-state index contributed by atoms with van der Waals surface area (Å²) in [7, 11) is 1.46. The van der Waals surface area contributed by atoms with Gasteiger partial charge in [-0.25, -0.2) is 4.98 Å². The van der Waals surface area contributed by atoms with Gasteiger partial charge in [0.05, 0.1) is 18.4 Å². The number of halogens is 3. The number of alkyl halides is 3. The van der Waals surface area contributed by atoms with Gasteiger partial charge in [0.25, 0.3) is 5.56 Å². The average Bonchev–Trinajstić information content (AvgIpc) is 2.73. The maximum Gasteiger partial charge on any atom is 0.573 e. The second-order valence-corrected chi connectivity index (χ2v) is 8.53. The second-order valence-electron chi connectivity index (χ2n) is 7.47. The number of hydrogen-bond acceptors (Lipinski definition) is 7. The lowest BCUT2D eigenvalue weighted by Gasteiger charge is -2.19. The van der Waals surface area contributed by atoms with Crippen molar-refractivity contribution in [2.75, 3.05) is 13.7 Å². The third kappa shape index (κ3) is 6.90. The van der Waals surface area contributed by atoms with Gasteiger partial charge in [-0.15, -0.1) is 13.2 Å². The lowest BCUT2D eigenvalue weighted by atomic mass is 10.2. The van der Waals surface area contributed by atoms with Crippen molar-refractivity contribution in [3.63, 3.8) is 0 Å². The van der Waals surface area contributed by atoms with E-state index in [0.29, 0.717) is 22.1 Å². The molecule has 0 amide bonds. The standard InChI is InChI=1S/C22H21F3N2O5S/c1-21(2,29)13-31-17-9-4-14(12-18(17)30-3)27-11-10-26-19(20(27)28)33-16-7-5-15(6-8-16)32-22(23,24)25/h4-12,29H,13H2,1-3H3. The minimum Gasteiger partial charge on any atom is -0.493 e. The number of ether oxygens (including phenoxy) is 3.